The van der Waals surface area contributed by atoms with Crippen molar-refractivity contribution in [1.82, 2.24) is 5.32 Å². The van der Waals surface area contributed by atoms with Gasteiger partial charge in [-0.1, -0.05) is 6.08 Å². The van der Waals surface area contributed by atoms with Crippen molar-refractivity contribution in [2.75, 3.05) is 19.8 Å². The Kier molecular flexibility index (Phi) is 2.74. The zero-order valence-electron chi connectivity index (χ0n) is 5.60. The third-order valence-corrected chi connectivity index (χ3v) is 1.45. The van der Waals surface area contributed by atoms with Gasteiger partial charge in [-0.3, -0.25) is 0 Å². The minimum absolute atomic E-state index is 0.368. The number of nitrogens with one attached hydrogen (secondary N) is 1. The quantitative estimate of drug-likeness (QED) is 0.519. The van der Waals surface area contributed by atoms with Crippen LogP contribution >= 0.6 is 0 Å². The van der Waals surface area contributed by atoms with Gasteiger partial charge in [-0.2, -0.15) is 0 Å². The van der Waals surface area contributed by atoms with E-state index in [-0.39, 0.29) is 0 Å². The lowest BCUT2D eigenvalue weighted by Gasteiger charge is -2.07. The molecule has 0 spiro atoms. The molecular formula is C7H13NO. The molecule has 0 aromatic heterocycles. The van der Waals surface area contributed by atoms with Gasteiger partial charge >= 0.3 is 0 Å². The summed E-state index contributed by atoms with van der Waals surface area (Å²) in [6, 6.07) is 0.368. The highest BCUT2D eigenvalue weighted by atomic mass is 16.5. The molecule has 52 valence electrons. The van der Waals surface area contributed by atoms with Gasteiger partial charge in [0.15, 0.2) is 0 Å². The Balaban J connectivity index is 2.26. The minimum Gasteiger partial charge on any atom is -0.379 e. The zero-order valence-corrected chi connectivity index (χ0v) is 5.60. The maximum Gasteiger partial charge on any atom is 0.0655 e. The highest BCUT2D eigenvalue weighted by Crippen LogP contribution is 1.94. The van der Waals surface area contributed by atoms with Crippen molar-refractivity contribution in [2.45, 2.75) is 12.5 Å². The molecule has 9 heavy (non-hydrogen) atoms. The van der Waals surface area contributed by atoms with Gasteiger partial charge in [0.2, 0.25) is 0 Å². The summed E-state index contributed by atoms with van der Waals surface area (Å²) in [5, 5.41) is 3.29. The average Bonchev–Trinajstić information content (AvgIpc) is 2.13. The fraction of sp³-hybridized carbons (Fsp3) is 0.714. The second kappa shape index (κ2) is 3.64. The highest BCUT2D eigenvalue weighted by Gasteiger charge is 2.05. The van der Waals surface area contributed by atoms with Crippen LogP contribution in [0.25, 0.3) is 0 Å². The molecule has 0 aromatic rings. The lowest BCUT2D eigenvalue weighted by Crippen LogP contribution is -2.29. The summed E-state index contributed by atoms with van der Waals surface area (Å²) < 4.78 is 5.26. The molecular weight excluding hydrogens is 114 g/mol. The summed E-state index contributed by atoms with van der Waals surface area (Å²) in [7, 11) is 0. The van der Waals surface area contributed by atoms with Gasteiger partial charge < -0.3 is 10.1 Å². The molecule has 1 atom stereocenters. The lowest BCUT2D eigenvalue weighted by atomic mass is 10.3. The van der Waals surface area contributed by atoms with Gasteiger partial charge in [0.05, 0.1) is 6.61 Å². The van der Waals surface area contributed by atoms with E-state index in [1.165, 1.54) is 0 Å². The van der Waals surface area contributed by atoms with Crippen LogP contribution in [0, 0.1) is 0 Å². The molecule has 1 rings (SSSR count). The van der Waals surface area contributed by atoms with E-state index in [4.69, 9.17) is 4.74 Å². The third-order valence-electron chi connectivity index (χ3n) is 1.45. The molecule has 1 aliphatic heterocycles. The Bertz CT molecular complexity index is 84.9. The van der Waals surface area contributed by atoms with Crippen LogP contribution in [-0.2, 0) is 4.74 Å². The van der Waals surface area contributed by atoms with E-state index in [9.17, 15) is 0 Å². The first-order valence-corrected chi connectivity index (χ1v) is 3.37. The molecule has 1 aliphatic rings. The first-order chi connectivity index (χ1) is 4.43. The van der Waals surface area contributed by atoms with Crippen molar-refractivity contribution in [3.8, 4) is 0 Å². The van der Waals surface area contributed by atoms with Crippen LogP contribution in [0.4, 0.5) is 0 Å². The van der Waals surface area contributed by atoms with E-state index < -0.39 is 0 Å². The first-order valence-electron chi connectivity index (χ1n) is 3.37. The summed E-state index contributed by atoms with van der Waals surface area (Å²) in [6.45, 7) is 6.40. The summed E-state index contributed by atoms with van der Waals surface area (Å²) in [4.78, 5) is 0. The predicted octanol–water partition coefficient (Wildman–Crippen LogP) is 0.551. The molecule has 1 fully saturated rings. The monoisotopic (exact) mass is 127 g/mol. The van der Waals surface area contributed by atoms with Gasteiger partial charge in [0, 0.05) is 12.6 Å². The summed E-state index contributed by atoms with van der Waals surface area (Å²) in [5.41, 5.74) is 0. The van der Waals surface area contributed by atoms with E-state index in [2.05, 4.69) is 11.9 Å². The summed E-state index contributed by atoms with van der Waals surface area (Å²) in [6.07, 6.45) is 3.01. The summed E-state index contributed by atoms with van der Waals surface area (Å²) >= 11 is 0. The van der Waals surface area contributed by atoms with E-state index in [1.54, 1.807) is 0 Å². The number of hydrogen-bond acceptors (Lipinski definition) is 2. The molecule has 1 N–H and O–H groups in total. The van der Waals surface area contributed by atoms with Crippen molar-refractivity contribution in [3.05, 3.63) is 12.7 Å². The van der Waals surface area contributed by atoms with Crippen LogP contribution in [-0.4, -0.2) is 25.8 Å². The molecule has 0 bridgehead atoms. The third kappa shape index (κ3) is 2.16. The highest BCUT2D eigenvalue weighted by molar-refractivity contribution is 4.86. The largest absolute Gasteiger partial charge is 0.379 e. The molecule has 0 saturated carbocycles. The standard InChI is InChI=1S/C7H13NO/c1-2-7-6-9-5-3-4-8-7/h2,7-8H,1,3-6H2/t7-/m1/s1. The van der Waals surface area contributed by atoms with Crippen molar-refractivity contribution in [2.24, 2.45) is 0 Å². The molecule has 1 saturated heterocycles. The summed E-state index contributed by atoms with van der Waals surface area (Å²) in [5.74, 6) is 0. The van der Waals surface area contributed by atoms with Crippen molar-refractivity contribution in [3.63, 3.8) is 0 Å². The molecule has 2 nitrogen and oxygen atoms in total. The van der Waals surface area contributed by atoms with Gasteiger partial charge in [-0.05, 0) is 13.0 Å². The van der Waals surface area contributed by atoms with Crippen molar-refractivity contribution in [1.29, 1.82) is 0 Å². The van der Waals surface area contributed by atoms with E-state index in [1.807, 2.05) is 6.08 Å². The van der Waals surface area contributed by atoms with Crippen LogP contribution in [0.1, 0.15) is 6.42 Å². The number of hydrogen-bond donors (Lipinski definition) is 1. The van der Waals surface area contributed by atoms with E-state index in [0.717, 1.165) is 26.2 Å². The second-order valence-electron chi connectivity index (χ2n) is 2.22. The van der Waals surface area contributed by atoms with Gasteiger partial charge in [-0.15, -0.1) is 6.58 Å². The van der Waals surface area contributed by atoms with Gasteiger partial charge in [-0.25, -0.2) is 0 Å². The van der Waals surface area contributed by atoms with Gasteiger partial charge in [0.25, 0.3) is 0 Å². The number of rotatable bonds is 1. The van der Waals surface area contributed by atoms with Crippen LogP contribution in [0.5, 0.6) is 0 Å². The van der Waals surface area contributed by atoms with Gasteiger partial charge in [0.1, 0.15) is 0 Å². The van der Waals surface area contributed by atoms with E-state index >= 15 is 0 Å². The zero-order chi connectivity index (χ0) is 6.53. The lowest BCUT2D eigenvalue weighted by molar-refractivity contribution is 0.140. The SMILES string of the molecule is C=C[C@@H]1COCCCN1. The fourth-order valence-electron chi connectivity index (χ4n) is 0.882. The van der Waals surface area contributed by atoms with Crippen LogP contribution in [0.2, 0.25) is 0 Å². The number of ether oxygens (including phenoxy) is 1. The average molecular weight is 127 g/mol. The molecule has 2 heteroatoms. The molecule has 0 unspecified atom stereocenters. The minimum atomic E-state index is 0.368. The maximum absolute atomic E-state index is 5.26. The topological polar surface area (TPSA) is 21.3 Å². The van der Waals surface area contributed by atoms with E-state index in [0.29, 0.717) is 6.04 Å². The molecule has 1 heterocycles. The second-order valence-corrected chi connectivity index (χ2v) is 2.22. The Labute approximate surface area is 55.9 Å². The first kappa shape index (κ1) is 6.78. The van der Waals surface area contributed by atoms with Crippen molar-refractivity contribution >= 4 is 0 Å². The van der Waals surface area contributed by atoms with Crippen LogP contribution < -0.4 is 5.32 Å². The molecule has 0 radical (unpaired) electrons. The normalized spacial score (nSPS) is 29.1. The Morgan fingerprint density at radius 2 is 2.56 bits per heavy atom. The van der Waals surface area contributed by atoms with Crippen molar-refractivity contribution < 1.29 is 4.74 Å². The smallest absolute Gasteiger partial charge is 0.0655 e. The molecule has 0 aromatic carbocycles. The van der Waals surface area contributed by atoms with Crippen LogP contribution in [0.3, 0.4) is 0 Å². The van der Waals surface area contributed by atoms with Crippen LogP contribution in [0.15, 0.2) is 12.7 Å². The molecule has 0 aliphatic carbocycles. The Morgan fingerprint density at radius 3 is 3.33 bits per heavy atom. The predicted molar refractivity (Wildman–Crippen MR) is 37.4 cm³/mol. The fourth-order valence-corrected chi connectivity index (χ4v) is 0.882. The maximum atomic E-state index is 5.26. The Morgan fingerprint density at radius 1 is 1.67 bits per heavy atom. The molecule has 0 amide bonds. The Hall–Kier alpha value is -0.340.